The summed E-state index contributed by atoms with van der Waals surface area (Å²) in [5, 5.41) is 7.22. The predicted octanol–water partition coefficient (Wildman–Crippen LogP) is 1.66. The number of hydrogen-bond acceptors (Lipinski definition) is 5. The van der Waals surface area contributed by atoms with Crippen molar-refractivity contribution in [3.05, 3.63) is 29.3 Å². The maximum absolute atomic E-state index is 11.7. The summed E-state index contributed by atoms with van der Waals surface area (Å²) < 4.78 is 4.82. The number of fused-ring (bicyclic) bond motifs is 3. The molecule has 0 unspecified atom stereocenters. The summed E-state index contributed by atoms with van der Waals surface area (Å²) in [6, 6.07) is 6.57. The van der Waals surface area contributed by atoms with Crippen molar-refractivity contribution in [3.63, 3.8) is 0 Å². The van der Waals surface area contributed by atoms with E-state index in [2.05, 4.69) is 10.6 Å². The van der Waals surface area contributed by atoms with E-state index < -0.39 is 0 Å². The predicted molar refractivity (Wildman–Crippen MR) is 82.3 cm³/mol. The van der Waals surface area contributed by atoms with Crippen LogP contribution in [0, 0.1) is 5.92 Å². The van der Waals surface area contributed by atoms with Gasteiger partial charge in [0.15, 0.2) is 0 Å². The molecule has 5 nitrogen and oxygen atoms in total. The summed E-state index contributed by atoms with van der Waals surface area (Å²) in [5.41, 5.74) is 8.58. The number of rotatable bonds is 4. The quantitative estimate of drug-likeness (QED) is 0.735. The van der Waals surface area contributed by atoms with Crippen molar-refractivity contribution < 1.29 is 9.53 Å². The van der Waals surface area contributed by atoms with Gasteiger partial charge < -0.3 is 21.1 Å². The molecular formula is C16H23N3O2. The van der Waals surface area contributed by atoms with Crippen molar-refractivity contribution in [1.29, 1.82) is 0 Å². The van der Waals surface area contributed by atoms with Gasteiger partial charge in [-0.2, -0.15) is 0 Å². The normalized spacial score (nSPS) is 26.7. The van der Waals surface area contributed by atoms with Crippen LogP contribution in [0.5, 0.6) is 0 Å². The van der Waals surface area contributed by atoms with Crippen LogP contribution >= 0.6 is 0 Å². The number of nitrogens with one attached hydrogen (secondary N) is 2. The Bertz CT molecular complexity index is 532. The Labute approximate surface area is 125 Å². The number of nitrogens with two attached hydrogens (primary N) is 1. The molecule has 0 bridgehead atoms. The zero-order valence-corrected chi connectivity index (χ0v) is 12.4. The molecular weight excluding hydrogens is 266 g/mol. The van der Waals surface area contributed by atoms with E-state index in [1.54, 1.807) is 0 Å². The minimum Gasteiger partial charge on any atom is -0.465 e. The van der Waals surface area contributed by atoms with Gasteiger partial charge in [0.25, 0.3) is 0 Å². The molecule has 114 valence electrons. The molecule has 0 radical (unpaired) electrons. The molecule has 0 aliphatic carbocycles. The van der Waals surface area contributed by atoms with Crippen LogP contribution in [0.25, 0.3) is 0 Å². The van der Waals surface area contributed by atoms with E-state index in [9.17, 15) is 4.79 Å². The number of esters is 1. The van der Waals surface area contributed by atoms with Gasteiger partial charge in [0.05, 0.1) is 12.7 Å². The fraction of sp³-hybridized carbons (Fsp3) is 0.562. The number of carbonyl (C=O) groups excluding carboxylic acids is 1. The highest BCUT2D eigenvalue weighted by atomic mass is 16.5. The lowest BCUT2D eigenvalue weighted by Crippen LogP contribution is -2.38. The standard InChI is InChI=1S/C16H23N3O2/c1-21-16(20)10-4-5-14-12(9-10)15-11(6-8-18-15)13(19-14)3-2-7-17/h4-5,9,11,13,15,18-19H,2-3,6-8,17H2,1H3/t11-,13-,15-/m0/s1. The number of hydrogen-bond donors (Lipinski definition) is 3. The highest BCUT2D eigenvalue weighted by molar-refractivity contribution is 5.90. The molecule has 2 aliphatic heterocycles. The molecule has 1 aromatic rings. The zero-order chi connectivity index (χ0) is 14.8. The lowest BCUT2D eigenvalue weighted by molar-refractivity contribution is 0.0600. The number of methoxy groups -OCH3 is 1. The van der Waals surface area contributed by atoms with E-state index in [0.717, 1.165) is 38.0 Å². The monoisotopic (exact) mass is 289 g/mol. The molecule has 1 aromatic carbocycles. The van der Waals surface area contributed by atoms with Crippen LogP contribution in [0.15, 0.2) is 18.2 Å². The van der Waals surface area contributed by atoms with Gasteiger partial charge in [0.1, 0.15) is 0 Å². The van der Waals surface area contributed by atoms with Crippen molar-refractivity contribution in [2.24, 2.45) is 11.7 Å². The minimum atomic E-state index is -0.280. The molecule has 0 amide bonds. The summed E-state index contributed by atoms with van der Waals surface area (Å²) in [5.74, 6) is 0.287. The lowest BCUT2D eigenvalue weighted by atomic mass is 9.81. The first-order chi connectivity index (χ1) is 10.2. The smallest absolute Gasteiger partial charge is 0.337 e. The maximum atomic E-state index is 11.7. The van der Waals surface area contributed by atoms with Crippen LogP contribution in [0.4, 0.5) is 5.69 Å². The Morgan fingerprint density at radius 2 is 2.33 bits per heavy atom. The van der Waals surface area contributed by atoms with Gasteiger partial charge in [0, 0.05) is 17.8 Å². The zero-order valence-electron chi connectivity index (χ0n) is 12.4. The summed E-state index contributed by atoms with van der Waals surface area (Å²) in [6.45, 7) is 1.76. The van der Waals surface area contributed by atoms with Crippen molar-refractivity contribution >= 4 is 11.7 Å². The Balaban J connectivity index is 1.90. The lowest BCUT2D eigenvalue weighted by Gasteiger charge is -2.37. The van der Waals surface area contributed by atoms with Crippen molar-refractivity contribution in [2.45, 2.75) is 31.3 Å². The summed E-state index contributed by atoms with van der Waals surface area (Å²) >= 11 is 0. The Hall–Kier alpha value is -1.59. The molecule has 3 atom stereocenters. The maximum Gasteiger partial charge on any atom is 0.337 e. The van der Waals surface area contributed by atoms with E-state index in [-0.39, 0.29) is 5.97 Å². The van der Waals surface area contributed by atoms with Gasteiger partial charge in [-0.3, -0.25) is 0 Å². The largest absolute Gasteiger partial charge is 0.465 e. The van der Waals surface area contributed by atoms with Crippen LogP contribution in [0.1, 0.15) is 41.2 Å². The molecule has 1 fully saturated rings. The summed E-state index contributed by atoms with van der Waals surface area (Å²) in [6.07, 6.45) is 3.29. The van der Waals surface area contributed by atoms with Crippen LogP contribution in [0.2, 0.25) is 0 Å². The van der Waals surface area contributed by atoms with Gasteiger partial charge in [0.2, 0.25) is 0 Å². The Morgan fingerprint density at radius 3 is 3.10 bits per heavy atom. The second kappa shape index (κ2) is 6.03. The first kappa shape index (κ1) is 14.4. The van der Waals surface area contributed by atoms with Crippen LogP contribution in [-0.2, 0) is 4.74 Å². The van der Waals surface area contributed by atoms with Crippen LogP contribution in [0.3, 0.4) is 0 Å². The highest BCUT2D eigenvalue weighted by Gasteiger charge is 2.39. The third-order valence-electron chi connectivity index (χ3n) is 4.65. The van der Waals surface area contributed by atoms with Crippen LogP contribution in [-0.4, -0.2) is 32.2 Å². The molecule has 3 rings (SSSR count). The Kier molecular flexibility index (Phi) is 4.12. The second-order valence-electron chi connectivity index (χ2n) is 5.86. The second-order valence-corrected chi connectivity index (χ2v) is 5.86. The molecule has 4 N–H and O–H groups in total. The molecule has 0 spiro atoms. The third kappa shape index (κ3) is 2.63. The fourth-order valence-electron chi connectivity index (χ4n) is 3.62. The van der Waals surface area contributed by atoms with E-state index in [1.165, 1.54) is 12.7 Å². The third-order valence-corrected chi connectivity index (χ3v) is 4.65. The highest BCUT2D eigenvalue weighted by Crippen LogP contribution is 2.42. The first-order valence-corrected chi connectivity index (χ1v) is 7.67. The van der Waals surface area contributed by atoms with Gasteiger partial charge >= 0.3 is 5.97 Å². The van der Waals surface area contributed by atoms with E-state index in [4.69, 9.17) is 10.5 Å². The molecule has 0 aromatic heterocycles. The molecule has 5 heteroatoms. The van der Waals surface area contributed by atoms with Gasteiger partial charge in [-0.1, -0.05) is 0 Å². The fourth-order valence-corrected chi connectivity index (χ4v) is 3.62. The van der Waals surface area contributed by atoms with Crippen molar-refractivity contribution in [2.75, 3.05) is 25.5 Å². The number of ether oxygens (including phenoxy) is 1. The number of benzene rings is 1. The van der Waals surface area contributed by atoms with E-state index >= 15 is 0 Å². The van der Waals surface area contributed by atoms with E-state index in [1.807, 2.05) is 18.2 Å². The van der Waals surface area contributed by atoms with Crippen molar-refractivity contribution in [3.8, 4) is 0 Å². The molecule has 2 aliphatic rings. The van der Waals surface area contributed by atoms with Gasteiger partial charge in [-0.15, -0.1) is 0 Å². The van der Waals surface area contributed by atoms with Crippen molar-refractivity contribution in [1.82, 2.24) is 5.32 Å². The van der Waals surface area contributed by atoms with Crippen LogP contribution < -0.4 is 16.4 Å². The molecule has 1 saturated heterocycles. The molecule has 0 saturated carbocycles. The van der Waals surface area contributed by atoms with E-state index in [0.29, 0.717) is 23.6 Å². The Morgan fingerprint density at radius 1 is 1.48 bits per heavy atom. The SMILES string of the molecule is COC(=O)c1ccc2c(c1)[C@H]1NCC[C@H]1[C@H](CCCN)N2. The number of carbonyl (C=O) groups is 1. The average Bonchev–Trinajstić information content (AvgIpc) is 3.01. The minimum absolute atomic E-state index is 0.280. The van der Waals surface area contributed by atoms with Gasteiger partial charge in [-0.05, 0) is 62.0 Å². The first-order valence-electron chi connectivity index (χ1n) is 7.67. The summed E-state index contributed by atoms with van der Waals surface area (Å²) in [4.78, 5) is 11.7. The summed E-state index contributed by atoms with van der Waals surface area (Å²) in [7, 11) is 1.42. The molecule has 21 heavy (non-hydrogen) atoms. The average molecular weight is 289 g/mol. The van der Waals surface area contributed by atoms with Gasteiger partial charge in [-0.25, -0.2) is 4.79 Å². The molecule has 2 heterocycles. The topological polar surface area (TPSA) is 76.4 Å². The number of anilines is 1.